The molecular weight excluding hydrogens is 296 g/mol. The molecule has 1 heterocycles. The number of aromatic nitrogens is 1. The standard InChI is InChI=1S/C13H17BrN2O2/c14-12-7-10(5-6-15-12)13(18)16-8-11(17)9-3-1-2-4-9/h5-7,9,11,17H,1-4,8H2,(H,16,18). The highest BCUT2D eigenvalue weighted by molar-refractivity contribution is 9.10. The number of amides is 1. The number of hydrogen-bond acceptors (Lipinski definition) is 3. The third-order valence-electron chi connectivity index (χ3n) is 3.40. The maximum atomic E-state index is 11.8. The molecule has 1 fully saturated rings. The van der Waals surface area contributed by atoms with Crippen LogP contribution < -0.4 is 5.32 Å². The van der Waals surface area contributed by atoms with Crippen LogP contribution in [0, 0.1) is 5.92 Å². The summed E-state index contributed by atoms with van der Waals surface area (Å²) in [6, 6.07) is 3.32. The Bertz CT molecular complexity index is 419. The first-order valence-electron chi connectivity index (χ1n) is 6.24. The van der Waals surface area contributed by atoms with Gasteiger partial charge in [-0.3, -0.25) is 4.79 Å². The Kier molecular flexibility index (Phi) is 4.72. The molecule has 0 radical (unpaired) electrons. The monoisotopic (exact) mass is 312 g/mol. The Balaban J connectivity index is 1.84. The second kappa shape index (κ2) is 6.29. The smallest absolute Gasteiger partial charge is 0.251 e. The molecule has 1 saturated carbocycles. The molecule has 1 aliphatic carbocycles. The Morgan fingerprint density at radius 3 is 2.94 bits per heavy atom. The lowest BCUT2D eigenvalue weighted by Gasteiger charge is -2.18. The van der Waals surface area contributed by atoms with E-state index >= 15 is 0 Å². The van der Waals surface area contributed by atoms with E-state index in [0.29, 0.717) is 22.6 Å². The topological polar surface area (TPSA) is 62.2 Å². The van der Waals surface area contributed by atoms with Crippen molar-refractivity contribution in [1.82, 2.24) is 10.3 Å². The second-order valence-electron chi connectivity index (χ2n) is 4.69. The van der Waals surface area contributed by atoms with Crippen LogP contribution >= 0.6 is 15.9 Å². The van der Waals surface area contributed by atoms with Gasteiger partial charge in [-0.1, -0.05) is 12.8 Å². The van der Waals surface area contributed by atoms with E-state index < -0.39 is 6.10 Å². The molecule has 0 aliphatic heterocycles. The molecule has 0 saturated heterocycles. The van der Waals surface area contributed by atoms with E-state index in [0.717, 1.165) is 12.8 Å². The summed E-state index contributed by atoms with van der Waals surface area (Å²) in [5.74, 6) is 0.171. The third-order valence-corrected chi connectivity index (χ3v) is 3.84. The van der Waals surface area contributed by atoms with Gasteiger partial charge in [-0.05, 0) is 46.8 Å². The molecule has 1 aromatic heterocycles. The van der Waals surface area contributed by atoms with Crippen LogP contribution in [-0.2, 0) is 0 Å². The Labute approximate surface area is 115 Å². The van der Waals surface area contributed by atoms with Crippen LogP contribution in [0.3, 0.4) is 0 Å². The molecule has 4 nitrogen and oxygen atoms in total. The van der Waals surface area contributed by atoms with Crippen LogP contribution in [0.2, 0.25) is 0 Å². The van der Waals surface area contributed by atoms with Crippen molar-refractivity contribution in [2.24, 2.45) is 5.92 Å². The number of carbonyl (C=O) groups excluding carboxylic acids is 1. The van der Waals surface area contributed by atoms with Crippen molar-refractivity contribution in [3.8, 4) is 0 Å². The highest BCUT2D eigenvalue weighted by Gasteiger charge is 2.23. The molecule has 1 amide bonds. The fourth-order valence-corrected chi connectivity index (χ4v) is 2.72. The SMILES string of the molecule is O=C(NCC(O)C1CCCC1)c1ccnc(Br)c1. The molecule has 18 heavy (non-hydrogen) atoms. The van der Waals surface area contributed by atoms with E-state index in [4.69, 9.17) is 0 Å². The van der Waals surface area contributed by atoms with E-state index in [2.05, 4.69) is 26.2 Å². The number of hydrogen-bond donors (Lipinski definition) is 2. The second-order valence-corrected chi connectivity index (χ2v) is 5.50. The van der Waals surface area contributed by atoms with Crippen molar-refractivity contribution in [2.45, 2.75) is 31.8 Å². The first-order chi connectivity index (χ1) is 8.66. The predicted octanol–water partition coefficient (Wildman–Crippen LogP) is 2.12. The van der Waals surface area contributed by atoms with Gasteiger partial charge in [-0.2, -0.15) is 0 Å². The molecule has 1 atom stereocenters. The van der Waals surface area contributed by atoms with Crippen molar-refractivity contribution >= 4 is 21.8 Å². The number of aliphatic hydroxyl groups excluding tert-OH is 1. The summed E-state index contributed by atoms with van der Waals surface area (Å²) in [6.07, 6.45) is 5.66. The molecule has 2 N–H and O–H groups in total. The van der Waals surface area contributed by atoms with Gasteiger partial charge in [0.25, 0.3) is 5.91 Å². The molecule has 1 aliphatic rings. The third kappa shape index (κ3) is 3.53. The van der Waals surface area contributed by atoms with Crippen LogP contribution in [0.1, 0.15) is 36.0 Å². The molecule has 0 bridgehead atoms. The minimum Gasteiger partial charge on any atom is -0.391 e. The summed E-state index contributed by atoms with van der Waals surface area (Å²) in [5.41, 5.74) is 0.551. The number of nitrogens with one attached hydrogen (secondary N) is 1. The molecule has 1 unspecified atom stereocenters. The number of aliphatic hydroxyl groups is 1. The summed E-state index contributed by atoms with van der Waals surface area (Å²) in [6.45, 7) is 0.323. The summed E-state index contributed by atoms with van der Waals surface area (Å²) in [7, 11) is 0. The van der Waals surface area contributed by atoms with Gasteiger partial charge in [0, 0.05) is 18.3 Å². The lowest BCUT2D eigenvalue weighted by molar-refractivity contribution is 0.0840. The van der Waals surface area contributed by atoms with E-state index in [-0.39, 0.29) is 5.91 Å². The molecule has 2 rings (SSSR count). The summed E-state index contributed by atoms with van der Waals surface area (Å²) in [4.78, 5) is 15.8. The van der Waals surface area contributed by atoms with Gasteiger partial charge in [0.15, 0.2) is 0 Å². The van der Waals surface area contributed by atoms with E-state index in [9.17, 15) is 9.90 Å². The maximum Gasteiger partial charge on any atom is 0.251 e. The maximum absolute atomic E-state index is 11.8. The quantitative estimate of drug-likeness (QED) is 0.837. The van der Waals surface area contributed by atoms with Crippen molar-refractivity contribution in [3.63, 3.8) is 0 Å². The normalized spacial score (nSPS) is 17.7. The van der Waals surface area contributed by atoms with Crippen molar-refractivity contribution in [2.75, 3.05) is 6.54 Å². The van der Waals surface area contributed by atoms with Crippen molar-refractivity contribution < 1.29 is 9.90 Å². The van der Waals surface area contributed by atoms with Gasteiger partial charge in [-0.25, -0.2) is 4.98 Å². The molecular formula is C13H17BrN2O2. The first kappa shape index (κ1) is 13.5. The van der Waals surface area contributed by atoms with E-state index in [1.54, 1.807) is 18.3 Å². The Morgan fingerprint density at radius 2 is 2.28 bits per heavy atom. The van der Waals surface area contributed by atoms with Crippen LogP contribution in [0.15, 0.2) is 22.9 Å². The summed E-state index contributed by atoms with van der Waals surface area (Å²) >= 11 is 3.22. The van der Waals surface area contributed by atoms with Gasteiger partial charge in [0.1, 0.15) is 4.60 Å². The lowest BCUT2D eigenvalue weighted by atomic mass is 10.0. The molecule has 98 valence electrons. The van der Waals surface area contributed by atoms with Crippen molar-refractivity contribution in [1.29, 1.82) is 0 Å². The van der Waals surface area contributed by atoms with E-state index in [1.165, 1.54) is 12.8 Å². The summed E-state index contributed by atoms with van der Waals surface area (Å²) in [5, 5.41) is 12.7. The molecule has 0 aromatic carbocycles. The Morgan fingerprint density at radius 1 is 1.56 bits per heavy atom. The lowest BCUT2D eigenvalue weighted by Crippen LogP contribution is -2.35. The number of rotatable bonds is 4. The Hall–Kier alpha value is -0.940. The fourth-order valence-electron chi connectivity index (χ4n) is 2.35. The average molecular weight is 313 g/mol. The predicted molar refractivity (Wildman–Crippen MR) is 72.2 cm³/mol. The van der Waals surface area contributed by atoms with Gasteiger partial charge >= 0.3 is 0 Å². The number of nitrogens with zero attached hydrogens (tertiary/aromatic N) is 1. The number of pyridine rings is 1. The minimum atomic E-state index is -0.429. The average Bonchev–Trinajstić information content (AvgIpc) is 2.89. The highest BCUT2D eigenvalue weighted by Crippen LogP contribution is 2.27. The van der Waals surface area contributed by atoms with Gasteiger partial charge in [0.2, 0.25) is 0 Å². The van der Waals surface area contributed by atoms with Crippen LogP contribution in [0.5, 0.6) is 0 Å². The van der Waals surface area contributed by atoms with Crippen molar-refractivity contribution in [3.05, 3.63) is 28.5 Å². The first-order valence-corrected chi connectivity index (χ1v) is 7.04. The van der Waals surface area contributed by atoms with Crippen LogP contribution in [-0.4, -0.2) is 28.6 Å². The largest absolute Gasteiger partial charge is 0.391 e. The molecule has 0 spiro atoms. The van der Waals surface area contributed by atoms with Gasteiger partial charge < -0.3 is 10.4 Å². The molecule has 5 heteroatoms. The fraction of sp³-hybridized carbons (Fsp3) is 0.538. The zero-order valence-corrected chi connectivity index (χ0v) is 11.7. The molecule has 1 aromatic rings. The number of carbonyl (C=O) groups is 1. The summed E-state index contributed by atoms with van der Waals surface area (Å²) < 4.78 is 0.631. The van der Waals surface area contributed by atoms with Gasteiger partial charge in [-0.15, -0.1) is 0 Å². The van der Waals surface area contributed by atoms with E-state index in [1.807, 2.05) is 0 Å². The zero-order chi connectivity index (χ0) is 13.0. The van der Waals surface area contributed by atoms with Crippen LogP contribution in [0.4, 0.5) is 0 Å². The van der Waals surface area contributed by atoms with Gasteiger partial charge in [0.05, 0.1) is 6.10 Å². The zero-order valence-electron chi connectivity index (χ0n) is 10.1. The minimum absolute atomic E-state index is 0.171. The van der Waals surface area contributed by atoms with Crippen LogP contribution in [0.25, 0.3) is 0 Å². The highest BCUT2D eigenvalue weighted by atomic mass is 79.9. The number of halogens is 1.